The van der Waals surface area contributed by atoms with Crippen LogP contribution in [0.5, 0.6) is 11.5 Å². The second-order valence-electron chi connectivity index (χ2n) is 7.21. The van der Waals surface area contributed by atoms with Gasteiger partial charge >= 0.3 is 0 Å². The fraction of sp³-hybridized carbons (Fsp3) is 0.0833. The van der Waals surface area contributed by atoms with Crippen LogP contribution in [0.15, 0.2) is 89.8 Å². The van der Waals surface area contributed by atoms with Gasteiger partial charge in [-0.1, -0.05) is 72.3 Å². The molecule has 1 heterocycles. The largest absolute Gasteiger partial charge is 0.456 e. The number of aryl methyl sites for hydroxylation is 1. The van der Waals surface area contributed by atoms with Crippen LogP contribution in [-0.2, 0) is 10.0 Å². The van der Waals surface area contributed by atoms with Crippen molar-refractivity contribution in [2.45, 2.75) is 17.9 Å². The summed E-state index contributed by atoms with van der Waals surface area (Å²) in [5.41, 5.74) is 2.61. The van der Waals surface area contributed by atoms with Crippen LogP contribution in [0, 0.1) is 6.92 Å². The Morgan fingerprint density at radius 1 is 0.793 bits per heavy atom. The van der Waals surface area contributed by atoms with Crippen LogP contribution in [0.2, 0.25) is 0 Å². The molecule has 1 unspecified atom stereocenters. The summed E-state index contributed by atoms with van der Waals surface area (Å²) in [6.45, 7) is 1.93. The Hall–Kier alpha value is -3.15. The molecule has 0 saturated heterocycles. The SMILES string of the molecule is Cc1ccc(S(=O)(=O)NC2c3ccccc3Oc3c2ccc2ccccc32)cc1. The van der Waals surface area contributed by atoms with E-state index in [0.29, 0.717) is 11.5 Å². The van der Waals surface area contributed by atoms with Crippen molar-refractivity contribution in [1.29, 1.82) is 0 Å². The Labute approximate surface area is 169 Å². The summed E-state index contributed by atoms with van der Waals surface area (Å²) in [6.07, 6.45) is 0. The van der Waals surface area contributed by atoms with E-state index in [1.165, 1.54) is 0 Å². The van der Waals surface area contributed by atoms with Gasteiger partial charge in [-0.25, -0.2) is 8.42 Å². The van der Waals surface area contributed by atoms with Gasteiger partial charge in [-0.15, -0.1) is 0 Å². The predicted molar refractivity (Wildman–Crippen MR) is 114 cm³/mol. The Bertz CT molecular complexity index is 1330. The minimum absolute atomic E-state index is 0.245. The Kier molecular flexibility index (Phi) is 4.15. The maximum Gasteiger partial charge on any atom is 0.241 e. The molecule has 1 N–H and O–H groups in total. The molecular weight excluding hydrogens is 382 g/mol. The third-order valence-corrected chi connectivity index (χ3v) is 6.71. The van der Waals surface area contributed by atoms with Crippen LogP contribution in [-0.4, -0.2) is 8.42 Å². The monoisotopic (exact) mass is 401 g/mol. The van der Waals surface area contributed by atoms with Crippen molar-refractivity contribution < 1.29 is 13.2 Å². The molecule has 29 heavy (non-hydrogen) atoms. The number of hydrogen-bond donors (Lipinski definition) is 1. The molecule has 0 fully saturated rings. The molecule has 4 nitrogen and oxygen atoms in total. The lowest BCUT2D eigenvalue weighted by atomic mass is 9.93. The highest BCUT2D eigenvalue weighted by molar-refractivity contribution is 7.89. The summed E-state index contributed by atoms with van der Waals surface area (Å²) < 4.78 is 35.4. The van der Waals surface area contributed by atoms with Crippen LogP contribution >= 0.6 is 0 Å². The summed E-state index contributed by atoms with van der Waals surface area (Å²) in [6, 6.07) is 25.8. The quantitative estimate of drug-likeness (QED) is 0.505. The molecule has 0 radical (unpaired) electrons. The average Bonchev–Trinajstić information content (AvgIpc) is 2.73. The van der Waals surface area contributed by atoms with Gasteiger partial charge < -0.3 is 4.74 Å². The lowest BCUT2D eigenvalue weighted by molar-refractivity contribution is 0.445. The number of rotatable bonds is 3. The molecule has 5 heteroatoms. The molecule has 0 aromatic heterocycles. The smallest absolute Gasteiger partial charge is 0.241 e. The second kappa shape index (κ2) is 6.72. The molecule has 1 atom stereocenters. The number of benzene rings is 4. The molecule has 0 aliphatic carbocycles. The summed E-state index contributed by atoms with van der Waals surface area (Å²) in [5.74, 6) is 1.35. The van der Waals surface area contributed by atoms with Gasteiger partial charge in [-0.2, -0.15) is 4.72 Å². The molecule has 1 aliphatic heterocycles. The zero-order valence-electron chi connectivity index (χ0n) is 15.8. The van der Waals surface area contributed by atoms with E-state index in [-0.39, 0.29) is 4.90 Å². The van der Waals surface area contributed by atoms with Crippen LogP contribution < -0.4 is 9.46 Å². The van der Waals surface area contributed by atoms with E-state index < -0.39 is 16.1 Å². The fourth-order valence-corrected chi connectivity index (χ4v) is 4.95. The van der Waals surface area contributed by atoms with E-state index in [4.69, 9.17) is 4.74 Å². The van der Waals surface area contributed by atoms with Gasteiger partial charge in [0.25, 0.3) is 0 Å². The molecule has 1 aliphatic rings. The Morgan fingerprint density at radius 3 is 2.34 bits per heavy atom. The van der Waals surface area contributed by atoms with E-state index >= 15 is 0 Å². The van der Waals surface area contributed by atoms with Crippen molar-refractivity contribution >= 4 is 20.8 Å². The summed E-state index contributed by atoms with van der Waals surface area (Å²) in [4.78, 5) is 0.245. The predicted octanol–water partition coefficient (Wildman–Crippen LogP) is 5.32. The highest BCUT2D eigenvalue weighted by atomic mass is 32.2. The number of para-hydroxylation sites is 1. The minimum atomic E-state index is -3.72. The standard InChI is InChI=1S/C24H19NO3S/c1-16-10-13-18(14-11-16)29(26,27)25-23-20-8-4-5-9-22(20)28-24-19-7-3-2-6-17(19)12-15-21(23)24/h2-15,23,25H,1H3. The van der Waals surface area contributed by atoms with Crippen molar-refractivity contribution in [2.24, 2.45) is 0 Å². The first-order valence-electron chi connectivity index (χ1n) is 9.40. The topological polar surface area (TPSA) is 55.4 Å². The van der Waals surface area contributed by atoms with Gasteiger partial charge in [0.1, 0.15) is 11.5 Å². The third kappa shape index (κ3) is 3.09. The summed E-state index contributed by atoms with van der Waals surface area (Å²) in [7, 11) is -3.72. The van der Waals surface area contributed by atoms with Crippen molar-refractivity contribution in [2.75, 3.05) is 0 Å². The third-order valence-electron chi connectivity index (χ3n) is 5.27. The van der Waals surface area contributed by atoms with E-state index in [0.717, 1.165) is 27.5 Å². The van der Waals surface area contributed by atoms with E-state index in [2.05, 4.69) is 4.72 Å². The zero-order valence-corrected chi connectivity index (χ0v) is 16.6. The second-order valence-corrected chi connectivity index (χ2v) is 8.93. The first kappa shape index (κ1) is 17.9. The molecule has 0 spiro atoms. The van der Waals surface area contributed by atoms with E-state index in [1.807, 2.05) is 67.6 Å². The molecule has 0 amide bonds. The zero-order chi connectivity index (χ0) is 20.0. The number of hydrogen-bond acceptors (Lipinski definition) is 3. The minimum Gasteiger partial charge on any atom is -0.456 e. The van der Waals surface area contributed by atoms with Crippen LogP contribution in [0.25, 0.3) is 10.8 Å². The Morgan fingerprint density at radius 2 is 1.52 bits per heavy atom. The normalized spacial score (nSPS) is 15.4. The number of nitrogens with one attached hydrogen (secondary N) is 1. The number of sulfonamides is 1. The maximum atomic E-state index is 13.1. The average molecular weight is 401 g/mol. The Balaban J connectivity index is 1.67. The summed E-state index contributed by atoms with van der Waals surface area (Å²) in [5, 5.41) is 2.00. The fourth-order valence-electron chi connectivity index (χ4n) is 3.76. The molecule has 4 aromatic rings. The van der Waals surface area contributed by atoms with Crippen LogP contribution in [0.1, 0.15) is 22.7 Å². The number of ether oxygens (including phenoxy) is 1. The van der Waals surface area contributed by atoms with Crippen molar-refractivity contribution in [1.82, 2.24) is 4.72 Å². The van der Waals surface area contributed by atoms with Gasteiger partial charge in [-0.05, 0) is 30.5 Å². The summed E-state index contributed by atoms with van der Waals surface area (Å²) >= 11 is 0. The van der Waals surface area contributed by atoms with Gasteiger partial charge in [0, 0.05) is 16.5 Å². The van der Waals surface area contributed by atoms with Gasteiger partial charge in [0.05, 0.1) is 10.9 Å². The first-order valence-corrected chi connectivity index (χ1v) is 10.9. The molecular formula is C24H19NO3S. The molecule has 144 valence electrons. The highest BCUT2D eigenvalue weighted by Gasteiger charge is 2.32. The van der Waals surface area contributed by atoms with Crippen LogP contribution in [0.3, 0.4) is 0 Å². The van der Waals surface area contributed by atoms with Gasteiger partial charge in [0.15, 0.2) is 0 Å². The van der Waals surface area contributed by atoms with Crippen molar-refractivity contribution in [3.63, 3.8) is 0 Å². The van der Waals surface area contributed by atoms with Gasteiger partial charge in [0.2, 0.25) is 10.0 Å². The van der Waals surface area contributed by atoms with Crippen molar-refractivity contribution in [3.05, 3.63) is 102 Å². The van der Waals surface area contributed by atoms with Crippen LogP contribution in [0.4, 0.5) is 0 Å². The maximum absolute atomic E-state index is 13.1. The van der Waals surface area contributed by atoms with Crippen molar-refractivity contribution in [3.8, 4) is 11.5 Å². The molecule has 0 saturated carbocycles. The van der Waals surface area contributed by atoms with Gasteiger partial charge in [-0.3, -0.25) is 0 Å². The number of fused-ring (bicyclic) bond motifs is 4. The van der Waals surface area contributed by atoms with E-state index in [1.54, 1.807) is 24.3 Å². The molecule has 4 aromatic carbocycles. The molecule has 5 rings (SSSR count). The molecule has 0 bridgehead atoms. The first-order chi connectivity index (χ1) is 14.0. The van der Waals surface area contributed by atoms with E-state index in [9.17, 15) is 8.42 Å². The lowest BCUT2D eigenvalue weighted by Gasteiger charge is -2.29. The lowest BCUT2D eigenvalue weighted by Crippen LogP contribution is -2.31. The highest BCUT2D eigenvalue weighted by Crippen LogP contribution is 2.46.